The number of hydrogen-bond acceptors (Lipinski definition) is 5. The molecule has 28 heavy (non-hydrogen) atoms. The molecule has 0 bridgehead atoms. The molecule has 1 N–H and O–H groups in total. The zero-order valence-electron chi connectivity index (χ0n) is 16.1. The van der Waals surface area contributed by atoms with E-state index in [-0.39, 0.29) is 6.61 Å². The molecular formula is C22H25N5O. The summed E-state index contributed by atoms with van der Waals surface area (Å²) in [4.78, 5) is 9.65. The van der Waals surface area contributed by atoms with Gasteiger partial charge in [-0.25, -0.2) is 4.98 Å². The first-order valence-corrected chi connectivity index (χ1v) is 10.2. The van der Waals surface area contributed by atoms with Crippen LogP contribution in [0.1, 0.15) is 29.5 Å². The van der Waals surface area contributed by atoms with Crippen LogP contribution in [-0.4, -0.2) is 58.7 Å². The topological polar surface area (TPSA) is 67.8 Å². The number of benzene rings is 1. The Bertz CT molecular complexity index is 1070. The van der Waals surface area contributed by atoms with E-state index in [0.717, 1.165) is 74.2 Å². The number of nitriles is 1. The molecule has 3 heterocycles. The van der Waals surface area contributed by atoms with Gasteiger partial charge in [0.25, 0.3) is 0 Å². The second-order valence-electron chi connectivity index (χ2n) is 7.79. The molecule has 1 aliphatic carbocycles. The van der Waals surface area contributed by atoms with Crippen LogP contribution in [0.25, 0.3) is 16.7 Å². The van der Waals surface area contributed by atoms with E-state index in [1.54, 1.807) is 0 Å². The molecule has 2 aromatic heterocycles. The highest BCUT2D eigenvalue weighted by Gasteiger charge is 2.28. The molecule has 6 nitrogen and oxygen atoms in total. The van der Waals surface area contributed by atoms with Crippen molar-refractivity contribution in [3.05, 3.63) is 41.0 Å². The molecule has 5 rings (SSSR count). The third-order valence-electron chi connectivity index (χ3n) is 6.24. The van der Waals surface area contributed by atoms with Crippen LogP contribution in [0.3, 0.4) is 0 Å². The Labute approximate surface area is 164 Å². The summed E-state index contributed by atoms with van der Waals surface area (Å²) in [6.45, 7) is 4.71. The monoisotopic (exact) mass is 375 g/mol. The van der Waals surface area contributed by atoms with Crippen molar-refractivity contribution in [1.82, 2.24) is 14.3 Å². The fourth-order valence-electron chi connectivity index (χ4n) is 4.88. The molecule has 0 radical (unpaired) electrons. The number of imidazole rings is 1. The summed E-state index contributed by atoms with van der Waals surface area (Å²) in [5.41, 5.74) is 6.14. The minimum absolute atomic E-state index is 0.211. The number of pyridine rings is 1. The smallest absolute Gasteiger partial charge is 0.157 e. The van der Waals surface area contributed by atoms with Gasteiger partial charge < -0.3 is 10.0 Å². The number of anilines is 1. The van der Waals surface area contributed by atoms with Crippen LogP contribution < -0.4 is 4.90 Å². The van der Waals surface area contributed by atoms with Crippen LogP contribution >= 0.6 is 0 Å². The SMILES string of the molecule is N#Cc1c2c(c(N3CCN(CCO)CC3)n3c1nc1ccccc13)CCCC2. The average molecular weight is 375 g/mol. The molecule has 1 fully saturated rings. The molecule has 3 aromatic rings. The summed E-state index contributed by atoms with van der Waals surface area (Å²) < 4.78 is 2.24. The number of nitrogens with zero attached hydrogens (tertiary/aromatic N) is 5. The predicted molar refractivity (Wildman–Crippen MR) is 110 cm³/mol. The lowest BCUT2D eigenvalue weighted by Crippen LogP contribution is -2.48. The second-order valence-corrected chi connectivity index (χ2v) is 7.79. The molecule has 0 amide bonds. The van der Waals surface area contributed by atoms with Crippen molar-refractivity contribution < 1.29 is 5.11 Å². The molecule has 144 valence electrons. The molecule has 0 saturated carbocycles. The molecule has 2 aliphatic rings. The van der Waals surface area contributed by atoms with Crippen molar-refractivity contribution in [1.29, 1.82) is 5.26 Å². The average Bonchev–Trinajstić information content (AvgIpc) is 3.12. The fraction of sp³-hybridized carbons (Fsp3) is 0.455. The standard InChI is InChI=1S/C22H25N5O/c23-15-18-16-5-1-2-6-17(16)22(26-11-9-25(10-12-26)13-14-28)27-20-8-4-3-7-19(20)24-21(18)27/h3-4,7-8,28H,1-2,5-6,9-14H2. The van der Waals surface area contributed by atoms with Crippen molar-refractivity contribution in [2.45, 2.75) is 25.7 Å². The number of rotatable bonds is 3. The number of aromatic nitrogens is 2. The van der Waals surface area contributed by atoms with Gasteiger partial charge in [0.1, 0.15) is 11.9 Å². The number of aliphatic hydroxyl groups is 1. The van der Waals surface area contributed by atoms with E-state index in [1.165, 1.54) is 23.4 Å². The summed E-state index contributed by atoms with van der Waals surface area (Å²) >= 11 is 0. The Balaban J connectivity index is 1.74. The quantitative estimate of drug-likeness (QED) is 0.761. The van der Waals surface area contributed by atoms with Gasteiger partial charge in [-0.05, 0) is 48.9 Å². The Kier molecular flexibility index (Phi) is 4.42. The van der Waals surface area contributed by atoms with Crippen molar-refractivity contribution >= 4 is 22.5 Å². The Morgan fingerprint density at radius 2 is 1.79 bits per heavy atom. The number of hydrogen-bond donors (Lipinski definition) is 1. The summed E-state index contributed by atoms with van der Waals surface area (Å²) in [5.74, 6) is 1.24. The van der Waals surface area contributed by atoms with Crippen molar-refractivity contribution in [3.63, 3.8) is 0 Å². The number of β-amino-alcohol motifs (C(OH)–C–C–N with tert-alkyl or cyclic N) is 1. The van der Waals surface area contributed by atoms with E-state index in [1.807, 2.05) is 18.2 Å². The van der Waals surface area contributed by atoms with Crippen molar-refractivity contribution in [2.75, 3.05) is 44.2 Å². The zero-order chi connectivity index (χ0) is 19.1. The number of aliphatic hydroxyl groups excluding tert-OH is 1. The first-order valence-electron chi connectivity index (χ1n) is 10.2. The molecule has 6 heteroatoms. The Morgan fingerprint density at radius 3 is 2.54 bits per heavy atom. The van der Waals surface area contributed by atoms with Crippen molar-refractivity contribution in [2.24, 2.45) is 0 Å². The lowest BCUT2D eigenvalue weighted by Gasteiger charge is -2.38. The lowest BCUT2D eigenvalue weighted by molar-refractivity contribution is 0.188. The minimum atomic E-state index is 0.211. The summed E-state index contributed by atoms with van der Waals surface area (Å²) in [7, 11) is 0. The minimum Gasteiger partial charge on any atom is -0.395 e. The molecule has 1 aromatic carbocycles. The number of fused-ring (bicyclic) bond motifs is 4. The van der Waals surface area contributed by atoms with Gasteiger partial charge in [-0.2, -0.15) is 5.26 Å². The fourth-order valence-corrected chi connectivity index (χ4v) is 4.88. The maximum atomic E-state index is 9.96. The number of piperazine rings is 1. The Hall–Kier alpha value is -2.62. The van der Waals surface area contributed by atoms with Gasteiger partial charge in [0.15, 0.2) is 5.65 Å². The van der Waals surface area contributed by atoms with Gasteiger partial charge in [-0.1, -0.05) is 12.1 Å². The van der Waals surface area contributed by atoms with Crippen LogP contribution in [0.4, 0.5) is 5.82 Å². The van der Waals surface area contributed by atoms with Gasteiger partial charge >= 0.3 is 0 Å². The van der Waals surface area contributed by atoms with Crippen LogP contribution in [0.2, 0.25) is 0 Å². The van der Waals surface area contributed by atoms with Crippen LogP contribution in [0.15, 0.2) is 24.3 Å². The largest absolute Gasteiger partial charge is 0.395 e. The van der Waals surface area contributed by atoms with E-state index in [0.29, 0.717) is 0 Å². The Morgan fingerprint density at radius 1 is 1.04 bits per heavy atom. The summed E-state index contributed by atoms with van der Waals surface area (Å²) in [5, 5.41) is 19.2. The van der Waals surface area contributed by atoms with Crippen molar-refractivity contribution in [3.8, 4) is 6.07 Å². The normalized spacial score (nSPS) is 17.8. The molecule has 1 saturated heterocycles. The van der Waals surface area contributed by atoms with E-state index in [2.05, 4.69) is 26.3 Å². The van der Waals surface area contributed by atoms with E-state index in [4.69, 9.17) is 4.98 Å². The highest BCUT2D eigenvalue weighted by molar-refractivity contribution is 5.86. The second kappa shape index (κ2) is 7.08. The lowest BCUT2D eigenvalue weighted by atomic mass is 9.88. The van der Waals surface area contributed by atoms with Gasteiger partial charge in [0.05, 0.1) is 23.2 Å². The highest BCUT2D eigenvalue weighted by Crippen LogP contribution is 2.37. The molecule has 0 spiro atoms. The summed E-state index contributed by atoms with van der Waals surface area (Å²) in [6.07, 6.45) is 4.31. The first-order chi connectivity index (χ1) is 13.8. The van der Waals surface area contributed by atoms with E-state index in [9.17, 15) is 10.4 Å². The van der Waals surface area contributed by atoms with E-state index < -0.39 is 0 Å². The zero-order valence-corrected chi connectivity index (χ0v) is 16.1. The predicted octanol–water partition coefficient (Wildman–Crippen LogP) is 2.35. The third kappa shape index (κ3) is 2.66. The maximum Gasteiger partial charge on any atom is 0.157 e. The van der Waals surface area contributed by atoms with Crippen LogP contribution in [0, 0.1) is 11.3 Å². The van der Waals surface area contributed by atoms with Crippen LogP contribution in [0.5, 0.6) is 0 Å². The molecular weight excluding hydrogens is 350 g/mol. The first kappa shape index (κ1) is 17.5. The van der Waals surface area contributed by atoms with Gasteiger partial charge in [0.2, 0.25) is 0 Å². The third-order valence-corrected chi connectivity index (χ3v) is 6.24. The molecule has 0 atom stereocenters. The molecule has 0 unspecified atom stereocenters. The maximum absolute atomic E-state index is 9.96. The number of para-hydroxylation sites is 2. The molecule has 1 aliphatic heterocycles. The van der Waals surface area contributed by atoms with Gasteiger partial charge in [0, 0.05) is 32.7 Å². The highest BCUT2D eigenvalue weighted by atomic mass is 16.3. The van der Waals surface area contributed by atoms with Gasteiger partial charge in [-0.15, -0.1) is 0 Å². The van der Waals surface area contributed by atoms with Gasteiger partial charge in [-0.3, -0.25) is 9.30 Å². The van der Waals surface area contributed by atoms with E-state index >= 15 is 0 Å². The summed E-state index contributed by atoms with van der Waals surface area (Å²) in [6, 6.07) is 10.7. The van der Waals surface area contributed by atoms with Crippen LogP contribution in [-0.2, 0) is 12.8 Å².